The first kappa shape index (κ1) is 34.0. The predicted molar refractivity (Wildman–Crippen MR) is 176 cm³/mol. The largest absolute Gasteiger partial charge is 0.496 e. The van der Waals surface area contributed by atoms with Crippen molar-refractivity contribution < 1.29 is 8.95 Å². The average Bonchev–Trinajstić information content (AvgIpc) is 2.73. The van der Waals surface area contributed by atoms with Crippen molar-refractivity contribution in [1.29, 1.82) is 0 Å². The summed E-state index contributed by atoms with van der Waals surface area (Å²) in [5, 5.41) is 1.58. The summed E-state index contributed by atoms with van der Waals surface area (Å²) >= 11 is 0. The monoisotopic (exact) mass is 573 g/mol. The van der Waals surface area contributed by atoms with Crippen LogP contribution in [0.5, 0.6) is 5.75 Å². The van der Waals surface area contributed by atoms with Crippen LogP contribution in [-0.2, 0) is 21.8 Å². The van der Waals surface area contributed by atoms with E-state index >= 15 is 0 Å². The molecule has 220 valence electrons. The molecule has 0 saturated carbocycles. The van der Waals surface area contributed by atoms with Crippen LogP contribution in [0.25, 0.3) is 0 Å². The normalized spacial score (nSPS) is 15.4. The molecule has 0 aliphatic heterocycles. The fourth-order valence-electron chi connectivity index (χ4n) is 5.41. The van der Waals surface area contributed by atoms with Crippen LogP contribution in [-0.4, -0.2) is 26.4 Å². The Balaban J connectivity index is 3.05. The molecule has 0 amide bonds. The van der Waals surface area contributed by atoms with E-state index in [1.807, 2.05) is 20.8 Å². The topological polar surface area (TPSA) is 38.3 Å². The van der Waals surface area contributed by atoms with Crippen molar-refractivity contribution >= 4 is 24.2 Å². The summed E-state index contributed by atoms with van der Waals surface area (Å²) in [7, 11) is -0.0601. The van der Waals surface area contributed by atoms with Crippen molar-refractivity contribution in [2.75, 3.05) is 7.11 Å². The Morgan fingerprint density at radius 3 is 1.54 bits per heavy atom. The zero-order valence-electron chi connectivity index (χ0n) is 27.7. The van der Waals surface area contributed by atoms with Crippen LogP contribution in [0.3, 0.4) is 0 Å². The Hall–Kier alpha value is -1.22. The molecule has 0 saturated heterocycles. The van der Waals surface area contributed by atoms with Crippen LogP contribution in [0.2, 0.25) is 0 Å². The van der Waals surface area contributed by atoms with E-state index in [0.29, 0.717) is 0 Å². The van der Waals surface area contributed by atoms with Gasteiger partial charge in [-0.05, 0) is 70.5 Å². The van der Waals surface area contributed by atoms with Crippen LogP contribution >= 0.6 is 7.92 Å². The van der Waals surface area contributed by atoms with Crippen LogP contribution < -0.4 is 14.8 Å². The van der Waals surface area contributed by atoms with E-state index in [4.69, 9.17) is 4.74 Å². The highest BCUT2D eigenvalue weighted by molar-refractivity contribution is 7.84. The first-order chi connectivity index (χ1) is 17.4. The maximum atomic E-state index is 13.8. The van der Waals surface area contributed by atoms with Gasteiger partial charge in [0, 0.05) is 11.1 Å². The summed E-state index contributed by atoms with van der Waals surface area (Å²) in [4.78, 5) is 0. The van der Waals surface area contributed by atoms with Gasteiger partial charge in [-0.25, -0.2) is 8.93 Å². The van der Waals surface area contributed by atoms with Crippen molar-refractivity contribution in [3.8, 4) is 5.75 Å². The SMILES string of the molecule is COc1c(C(C)(C)C)cc([C@H](NS(=O)C(C)(C)C)c2ccccc2P(C(C)(C)C)C(C)(C)C)cc1C(C)(C)C. The number of nitrogens with one attached hydrogen (secondary N) is 1. The van der Waals surface area contributed by atoms with Gasteiger partial charge in [0.25, 0.3) is 0 Å². The van der Waals surface area contributed by atoms with Gasteiger partial charge in [-0.15, -0.1) is 0 Å². The lowest BCUT2D eigenvalue weighted by Crippen LogP contribution is -2.39. The number of hydrogen-bond donors (Lipinski definition) is 1. The zero-order chi connectivity index (χ0) is 30.4. The predicted octanol–water partition coefficient (Wildman–Crippen LogP) is 9.14. The lowest BCUT2D eigenvalue weighted by molar-refractivity contribution is 0.381. The molecule has 3 nitrogen and oxygen atoms in total. The second-order valence-corrected chi connectivity index (χ2v) is 21.7. The number of methoxy groups -OCH3 is 1. The molecule has 5 heteroatoms. The number of hydrogen-bond acceptors (Lipinski definition) is 2. The zero-order valence-corrected chi connectivity index (χ0v) is 29.4. The highest BCUT2D eigenvalue weighted by atomic mass is 32.2. The Morgan fingerprint density at radius 1 is 0.744 bits per heavy atom. The van der Waals surface area contributed by atoms with E-state index in [1.165, 1.54) is 22.0 Å². The Morgan fingerprint density at radius 2 is 1.18 bits per heavy atom. The minimum absolute atomic E-state index is 0.102. The third kappa shape index (κ3) is 8.17. The van der Waals surface area contributed by atoms with Gasteiger partial charge in [0.05, 0.1) is 28.9 Å². The van der Waals surface area contributed by atoms with Gasteiger partial charge in [0.1, 0.15) is 5.75 Å². The van der Waals surface area contributed by atoms with Crippen molar-refractivity contribution in [3.63, 3.8) is 0 Å². The van der Waals surface area contributed by atoms with Crippen molar-refractivity contribution in [1.82, 2.24) is 4.72 Å². The van der Waals surface area contributed by atoms with Gasteiger partial charge >= 0.3 is 0 Å². The summed E-state index contributed by atoms with van der Waals surface area (Å²) < 4.78 is 23.1. The third-order valence-corrected chi connectivity index (χ3v) is 12.0. The number of rotatable bonds is 6. The summed E-state index contributed by atoms with van der Waals surface area (Å²) in [5.41, 5.74) is 4.44. The highest BCUT2D eigenvalue weighted by Gasteiger charge is 2.39. The second kappa shape index (κ2) is 11.6. The van der Waals surface area contributed by atoms with Gasteiger partial charge < -0.3 is 4.74 Å². The van der Waals surface area contributed by atoms with E-state index < -0.39 is 23.7 Å². The highest BCUT2D eigenvalue weighted by Crippen LogP contribution is 2.59. The minimum atomic E-state index is -1.27. The molecule has 2 aromatic rings. The molecule has 0 bridgehead atoms. The van der Waals surface area contributed by atoms with Crippen LogP contribution in [0.15, 0.2) is 36.4 Å². The quantitative estimate of drug-likeness (QED) is 0.350. The molecule has 2 rings (SSSR count). The molecular formula is C34H56NO2PS. The maximum Gasteiger partial charge on any atom is 0.126 e. The van der Waals surface area contributed by atoms with Crippen LogP contribution in [0.1, 0.15) is 132 Å². The minimum Gasteiger partial charge on any atom is -0.496 e. The second-order valence-electron chi connectivity index (χ2n) is 15.8. The Bertz CT molecular complexity index is 1120. The average molecular weight is 574 g/mol. The maximum absolute atomic E-state index is 13.8. The van der Waals surface area contributed by atoms with E-state index in [1.54, 1.807) is 7.11 Å². The van der Waals surface area contributed by atoms with E-state index in [2.05, 4.69) is 124 Å². The Kier molecular flexibility index (Phi) is 10.1. The smallest absolute Gasteiger partial charge is 0.126 e. The van der Waals surface area contributed by atoms with E-state index in [0.717, 1.165) is 11.3 Å². The molecule has 1 N–H and O–H groups in total. The molecule has 2 aromatic carbocycles. The number of benzene rings is 2. The van der Waals surface area contributed by atoms with Crippen molar-refractivity contribution in [2.45, 2.75) is 136 Å². The summed E-state index contributed by atoms with van der Waals surface area (Å²) in [6, 6.07) is 13.2. The fourth-order valence-corrected chi connectivity index (χ4v) is 10.4. The van der Waals surface area contributed by atoms with E-state index in [-0.39, 0.29) is 27.2 Å². The van der Waals surface area contributed by atoms with Crippen molar-refractivity contribution in [3.05, 3.63) is 58.7 Å². The molecule has 1 unspecified atom stereocenters. The first-order valence-electron chi connectivity index (χ1n) is 14.2. The molecule has 0 aliphatic carbocycles. The molecule has 39 heavy (non-hydrogen) atoms. The molecular weight excluding hydrogens is 517 g/mol. The lowest BCUT2D eigenvalue weighted by Gasteiger charge is -2.43. The van der Waals surface area contributed by atoms with Gasteiger partial charge in [-0.1, -0.05) is 115 Å². The molecule has 0 aromatic heterocycles. The molecule has 0 fully saturated rings. The molecule has 0 aliphatic rings. The molecule has 0 radical (unpaired) electrons. The third-order valence-electron chi connectivity index (χ3n) is 6.88. The number of ether oxygens (including phenoxy) is 1. The van der Waals surface area contributed by atoms with Crippen LogP contribution in [0.4, 0.5) is 0 Å². The van der Waals surface area contributed by atoms with Crippen LogP contribution in [0, 0.1) is 0 Å². The standard InChI is InChI=1S/C34H56NO2PS/c1-30(2,3)25-21-23(22-26(29(25)37-16)31(4,5)6)28(35-39(36)34(13,14)15)24-19-17-18-20-27(24)38(32(7,8)9)33(10,11)12/h17-22,28,35H,1-16H3/t28-,39?/m0/s1. The molecule has 0 heterocycles. The van der Waals surface area contributed by atoms with Gasteiger partial charge in [0.15, 0.2) is 0 Å². The summed E-state index contributed by atoms with van der Waals surface area (Å²) in [6.07, 6.45) is 0. The first-order valence-corrected chi connectivity index (χ1v) is 16.7. The van der Waals surface area contributed by atoms with E-state index in [9.17, 15) is 4.21 Å². The lowest BCUT2D eigenvalue weighted by atomic mass is 9.77. The van der Waals surface area contributed by atoms with Crippen molar-refractivity contribution in [2.24, 2.45) is 0 Å². The summed E-state index contributed by atoms with van der Waals surface area (Å²) in [6.45, 7) is 33.7. The van der Waals surface area contributed by atoms with Gasteiger partial charge in [-0.3, -0.25) is 0 Å². The van der Waals surface area contributed by atoms with Gasteiger partial charge in [0.2, 0.25) is 0 Å². The molecule has 2 atom stereocenters. The Labute approximate surface area is 244 Å². The fraction of sp³-hybridized carbons (Fsp3) is 0.647. The molecule has 0 spiro atoms. The summed E-state index contributed by atoms with van der Waals surface area (Å²) in [5.74, 6) is 0.953. The van der Waals surface area contributed by atoms with Gasteiger partial charge in [-0.2, -0.15) is 0 Å².